The van der Waals surface area contributed by atoms with Gasteiger partial charge in [0, 0.05) is 12.0 Å². The molecule has 1 aliphatic rings. The van der Waals surface area contributed by atoms with E-state index in [1.165, 1.54) is 18.6 Å². The summed E-state index contributed by atoms with van der Waals surface area (Å²) in [5.41, 5.74) is 0.167. The molecule has 0 saturated heterocycles. The molecule has 0 nitrogen and oxygen atoms in total. The molecule has 0 bridgehead atoms. The Kier molecular flexibility index (Phi) is 3.57. The number of hydrogen-bond donors (Lipinski definition) is 0. The fraction of sp³-hybridized carbons (Fsp3) is 0.571. The van der Waals surface area contributed by atoms with Gasteiger partial charge >= 0.3 is 0 Å². The van der Waals surface area contributed by atoms with E-state index in [0.29, 0.717) is 0 Å². The van der Waals surface area contributed by atoms with Crippen LogP contribution in [0.15, 0.2) is 30.3 Å². The SMILES string of the molecule is FC(F)(CC1CCCCC1)c1ccccc1. The third kappa shape index (κ3) is 2.81. The van der Waals surface area contributed by atoms with E-state index < -0.39 is 5.92 Å². The zero-order valence-corrected chi connectivity index (χ0v) is 9.46. The quantitative estimate of drug-likeness (QED) is 0.695. The molecule has 1 aromatic carbocycles. The van der Waals surface area contributed by atoms with Gasteiger partial charge in [-0.1, -0.05) is 62.4 Å². The van der Waals surface area contributed by atoms with Crippen LogP contribution in [-0.4, -0.2) is 0 Å². The topological polar surface area (TPSA) is 0 Å². The maximum Gasteiger partial charge on any atom is 0.273 e. The predicted molar refractivity (Wildman–Crippen MR) is 61.5 cm³/mol. The molecule has 0 atom stereocenters. The third-order valence-corrected chi connectivity index (χ3v) is 3.47. The Bertz CT molecular complexity index is 313. The number of benzene rings is 1. The molecule has 0 unspecified atom stereocenters. The minimum atomic E-state index is -2.65. The van der Waals surface area contributed by atoms with Gasteiger partial charge in [-0.05, 0) is 5.92 Å². The summed E-state index contributed by atoms with van der Waals surface area (Å²) < 4.78 is 27.9. The Hall–Kier alpha value is -0.920. The molecule has 0 spiro atoms. The lowest BCUT2D eigenvalue weighted by molar-refractivity contribution is -0.0335. The van der Waals surface area contributed by atoms with E-state index in [-0.39, 0.29) is 17.9 Å². The van der Waals surface area contributed by atoms with Gasteiger partial charge in [0.25, 0.3) is 5.92 Å². The molecule has 1 saturated carbocycles. The second-order valence-electron chi connectivity index (χ2n) is 4.78. The van der Waals surface area contributed by atoms with Crippen LogP contribution in [0.4, 0.5) is 8.78 Å². The zero-order chi connectivity index (χ0) is 11.4. The smallest absolute Gasteiger partial charge is 0.201 e. The second-order valence-corrected chi connectivity index (χ2v) is 4.78. The largest absolute Gasteiger partial charge is 0.273 e. The van der Waals surface area contributed by atoms with Crippen LogP contribution in [-0.2, 0) is 5.92 Å². The molecule has 1 aromatic rings. The maximum atomic E-state index is 13.9. The molecular weight excluding hydrogens is 206 g/mol. The lowest BCUT2D eigenvalue weighted by Gasteiger charge is -2.26. The minimum Gasteiger partial charge on any atom is -0.201 e. The predicted octanol–water partition coefficient (Wildman–Crippen LogP) is 4.75. The molecule has 0 radical (unpaired) electrons. The Morgan fingerprint density at radius 2 is 1.62 bits per heavy atom. The highest BCUT2D eigenvalue weighted by Crippen LogP contribution is 2.39. The summed E-state index contributed by atoms with van der Waals surface area (Å²) in [5, 5.41) is 0. The highest BCUT2D eigenvalue weighted by Gasteiger charge is 2.34. The van der Waals surface area contributed by atoms with Gasteiger partial charge in [0.1, 0.15) is 0 Å². The lowest BCUT2D eigenvalue weighted by Crippen LogP contribution is -2.20. The number of alkyl halides is 2. The van der Waals surface area contributed by atoms with Crippen LogP contribution in [0.1, 0.15) is 44.1 Å². The molecule has 0 amide bonds. The van der Waals surface area contributed by atoms with Gasteiger partial charge in [-0.3, -0.25) is 0 Å². The van der Waals surface area contributed by atoms with Crippen LogP contribution in [0, 0.1) is 5.92 Å². The maximum absolute atomic E-state index is 13.9. The van der Waals surface area contributed by atoms with Gasteiger partial charge in [-0.2, -0.15) is 0 Å². The minimum absolute atomic E-state index is 0.0248. The summed E-state index contributed by atoms with van der Waals surface area (Å²) in [6.07, 6.45) is 5.43. The average molecular weight is 224 g/mol. The number of hydrogen-bond acceptors (Lipinski definition) is 0. The van der Waals surface area contributed by atoms with Crippen LogP contribution in [0.2, 0.25) is 0 Å². The van der Waals surface area contributed by atoms with E-state index in [9.17, 15) is 8.78 Å². The van der Waals surface area contributed by atoms with Crippen LogP contribution in [0.25, 0.3) is 0 Å². The molecule has 0 aromatic heterocycles. The van der Waals surface area contributed by atoms with Crippen molar-refractivity contribution in [2.75, 3.05) is 0 Å². The molecule has 1 fully saturated rings. The van der Waals surface area contributed by atoms with Crippen molar-refractivity contribution in [3.05, 3.63) is 35.9 Å². The monoisotopic (exact) mass is 224 g/mol. The van der Waals surface area contributed by atoms with Gasteiger partial charge < -0.3 is 0 Å². The summed E-state index contributed by atoms with van der Waals surface area (Å²) >= 11 is 0. The summed E-state index contributed by atoms with van der Waals surface area (Å²) in [4.78, 5) is 0. The summed E-state index contributed by atoms with van der Waals surface area (Å²) in [5.74, 6) is -2.44. The molecule has 1 aliphatic carbocycles. The van der Waals surface area contributed by atoms with Crippen LogP contribution in [0.3, 0.4) is 0 Å². The first-order valence-electron chi connectivity index (χ1n) is 6.12. The fourth-order valence-corrected chi connectivity index (χ4v) is 2.55. The first kappa shape index (κ1) is 11.6. The van der Waals surface area contributed by atoms with Crippen LogP contribution < -0.4 is 0 Å². The third-order valence-electron chi connectivity index (χ3n) is 3.47. The summed E-state index contributed by atoms with van der Waals surface area (Å²) in [6.45, 7) is 0. The Morgan fingerprint density at radius 3 is 2.25 bits per heavy atom. The van der Waals surface area contributed by atoms with E-state index in [2.05, 4.69) is 0 Å². The van der Waals surface area contributed by atoms with Crippen molar-refractivity contribution in [1.82, 2.24) is 0 Å². The highest BCUT2D eigenvalue weighted by molar-refractivity contribution is 5.19. The van der Waals surface area contributed by atoms with Crippen LogP contribution >= 0.6 is 0 Å². The average Bonchev–Trinajstić information content (AvgIpc) is 2.31. The molecule has 16 heavy (non-hydrogen) atoms. The fourth-order valence-electron chi connectivity index (χ4n) is 2.55. The van der Waals surface area contributed by atoms with Crippen molar-refractivity contribution in [3.8, 4) is 0 Å². The molecule has 0 aliphatic heterocycles. The Labute approximate surface area is 95.7 Å². The van der Waals surface area contributed by atoms with E-state index in [1.54, 1.807) is 18.2 Å². The van der Waals surface area contributed by atoms with Crippen molar-refractivity contribution in [3.63, 3.8) is 0 Å². The van der Waals surface area contributed by atoms with Crippen LogP contribution in [0.5, 0.6) is 0 Å². The van der Waals surface area contributed by atoms with Gasteiger partial charge in [-0.15, -0.1) is 0 Å². The second kappa shape index (κ2) is 4.94. The first-order valence-corrected chi connectivity index (χ1v) is 6.12. The normalized spacial score (nSPS) is 18.6. The van der Waals surface area contributed by atoms with Crippen molar-refractivity contribution in [2.24, 2.45) is 5.92 Å². The molecule has 88 valence electrons. The van der Waals surface area contributed by atoms with Gasteiger partial charge in [0.15, 0.2) is 0 Å². The molecule has 2 rings (SSSR count). The molecule has 0 N–H and O–H groups in total. The number of rotatable bonds is 3. The lowest BCUT2D eigenvalue weighted by atomic mass is 9.84. The van der Waals surface area contributed by atoms with Crippen molar-refractivity contribution < 1.29 is 8.78 Å². The molecule has 0 heterocycles. The van der Waals surface area contributed by atoms with E-state index in [1.807, 2.05) is 0 Å². The van der Waals surface area contributed by atoms with E-state index in [4.69, 9.17) is 0 Å². The van der Waals surface area contributed by atoms with Crippen molar-refractivity contribution in [1.29, 1.82) is 0 Å². The standard InChI is InChI=1S/C14H18F2/c15-14(16,13-9-5-2-6-10-13)11-12-7-3-1-4-8-12/h2,5-6,9-10,12H,1,3-4,7-8,11H2. The van der Waals surface area contributed by atoms with Crippen molar-refractivity contribution >= 4 is 0 Å². The van der Waals surface area contributed by atoms with Gasteiger partial charge in [0.2, 0.25) is 0 Å². The molecule has 2 heteroatoms. The summed E-state index contributed by atoms with van der Waals surface area (Å²) in [6, 6.07) is 8.21. The number of halogens is 2. The Balaban J connectivity index is 2.01. The van der Waals surface area contributed by atoms with E-state index in [0.717, 1.165) is 25.7 Å². The molecular formula is C14H18F2. The van der Waals surface area contributed by atoms with Gasteiger partial charge in [-0.25, -0.2) is 8.78 Å². The van der Waals surface area contributed by atoms with E-state index >= 15 is 0 Å². The Morgan fingerprint density at radius 1 is 1.00 bits per heavy atom. The van der Waals surface area contributed by atoms with Gasteiger partial charge in [0.05, 0.1) is 0 Å². The first-order chi connectivity index (χ1) is 7.68. The zero-order valence-electron chi connectivity index (χ0n) is 9.46. The highest BCUT2D eigenvalue weighted by atomic mass is 19.3. The van der Waals surface area contributed by atoms with Crippen molar-refractivity contribution in [2.45, 2.75) is 44.4 Å². The summed E-state index contributed by atoms with van der Waals surface area (Å²) in [7, 11) is 0.